The van der Waals surface area contributed by atoms with Crippen LogP contribution in [0, 0.1) is 18.3 Å². The maximum Gasteiger partial charge on any atom is 0.490 e. The van der Waals surface area contributed by atoms with E-state index in [4.69, 9.17) is 9.90 Å². The summed E-state index contributed by atoms with van der Waals surface area (Å²) in [6.45, 7) is 3.24. The Bertz CT molecular complexity index is 1410. The van der Waals surface area contributed by atoms with E-state index >= 15 is 0 Å². The third kappa shape index (κ3) is 6.94. The average molecular weight is 556 g/mol. The molecule has 0 bridgehead atoms. The number of fused-ring (bicyclic) bond motifs is 1. The lowest BCUT2D eigenvalue weighted by atomic mass is 10.1. The number of imidazole rings is 1. The quantitative estimate of drug-likeness (QED) is 0.486. The Morgan fingerprint density at radius 3 is 2.68 bits per heavy atom. The number of nitriles is 1. The molecule has 0 saturated carbocycles. The summed E-state index contributed by atoms with van der Waals surface area (Å²) in [6, 6.07) is 9.46. The van der Waals surface area contributed by atoms with Gasteiger partial charge in [-0.1, -0.05) is 6.07 Å². The van der Waals surface area contributed by atoms with Crippen LogP contribution in [0.15, 0.2) is 47.8 Å². The van der Waals surface area contributed by atoms with E-state index in [-0.39, 0.29) is 10.5 Å². The smallest absolute Gasteiger partial charge is 0.475 e. The van der Waals surface area contributed by atoms with Crippen LogP contribution in [0.25, 0.3) is 5.65 Å². The molecule has 1 aromatic carbocycles. The number of aryl methyl sites for hydroxylation is 1. The topological polar surface area (TPSA) is 128 Å². The van der Waals surface area contributed by atoms with Gasteiger partial charge in [0.15, 0.2) is 0 Å². The number of aromatic nitrogens is 2. The number of carboxylic acid groups (broad SMARTS) is 1. The van der Waals surface area contributed by atoms with Gasteiger partial charge in [0, 0.05) is 55.2 Å². The molecule has 3 heterocycles. The minimum atomic E-state index is -5.08. The van der Waals surface area contributed by atoms with E-state index in [0.29, 0.717) is 30.9 Å². The number of nitrogens with one attached hydrogen (secondary N) is 1. The molecule has 198 valence electrons. The number of anilines is 1. The molecule has 0 aliphatic carbocycles. The Kier molecular flexibility index (Phi) is 9.06. The van der Waals surface area contributed by atoms with Crippen molar-refractivity contribution in [2.75, 3.05) is 29.9 Å². The summed E-state index contributed by atoms with van der Waals surface area (Å²) in [6.07, 6.45) is 1.31. The van der Waals surface area contributed by atoms with Gasteiger partial charge in [0.1, 0.15) is 16.6 Å². The number of rotatable bonds is 5. The second-order valence-electron chi connectivity index (χ2n) is 8.00. The fourth-order valence-corrected chi connectivity index (χ4v) is 6.55. The maximum absolute atomic E-state index is 13.3. The third-order valence-corrected chi connectivity index (χ3v) is 8.55. The van der Waals surface area contributed by atoms with Crippen LogP contribution in [-0.2, 0) is 21.4 Å². The average Bonchev–Trinajstić information content (AvgIpc) is 3.15. The summed E-state index contributed by atoms with van der Waals surface area (Å²) >= 11 is 1.77. The summed E-state index contributed by atoms with van der Waals surface area (Å²) in [5, 5.41) is 20.1. The van der Waals surface area contributed by atoms with Crippen molar-refractivity contribution < 1.29 is 31.5 Å². The Balaban J connectivity index is 0.000000479. The Labute approximate surface area is 216 Å². The van der Waals surface area contributed by atoms with Gasteiger partial charge >= 0.3 is 12.1 Å². The first-order chi connectivity index (χ1) is 17.4. The Hall–Kier alpha value is -3.28. The number of sulfonamides is 1. The van der Waals surface area contributed by atoms with Gasteiger partial charge in [-0.2, -0.15) is 34.5 Å². The minimum absolute atomic E-state index is 0.123. The molecular weight excluding hydrogens is 531 g/mol. The molecule has 2 aromatic heterocycles. The molecule has 1 aliphatic heterocycles. The first kappa shape index (κ1) is 28.3. The Morgan fingerprint density at radius 1 is 1.27 bits per heavy atom. The van der Waals surface area contributed by atoms with Crippen molar-refractivity contribution in [3.63, 3.8) is 0 Å². The van der Waals surface area contributed by atoms with Crippen molar-refractivity contribution in [2.24, 2.45) is 0 Å². The summed E-state index contributed by atoms with van der Waals surface area (Å²) < 4.78 is 61.8. The van der Waals surface area contributed by atoms with E-state index < -0.39 is 22.2 Å². The first-order valence-electron chi connectivity index (χ1n) is 11.0. The maximum atomic E-state index is 13.3. The number of carboxylic acids is 1. The molecule has 0 radical (unpaired) electrons. The van der Waals surface area contributed by atoms with Gasteiger partial charge in [0.05, 0.1) is 5.56 Å². The van der Waals surface area contributed by atoms with E-state index in [2.05, 4.69) is 16.4 Å². The largest absolute Gasteiger partial charge is 0.490 e. The van der Waals surface area contributed by atoms with Crippen molar-refractivity contribution in [3.8, 4) is 6.07 Å². The number of nitrogens with zero attached hydrogens (tertiary/aromatic N) is 4. The highest BCUT2D eigenvalue weighted by molar-refractivity contribution is 7.99. The number of hydrogen-bond acceptors (Lipinski definition) is 7. The lowest BCUT2D eigenvalue weighted by molar-refractivity contribution is -0.192. The fourth-order valence-electron chi connectivity index (χ4n) is 3.74. The molecule has 0 atom stereocenters. The van der Waals surface area contributed by atoms with Crippen LogP contribution in [0.4, 0.5) is 18.9 Å². The Morgan fingerprint density at radius 2 is 2.00 bits per heavy atom. The lowest BCUT2D eigenvalue weighted by Gasteiger charge is -2.22. The number of aliphatic carboxylic acids is 1. The van der Waals surface area contributed by atoms with Gasteiger partial charge in [-0.05, 0) is 42.9 Å². The van der Waals surface area contributed by atoms with Gasteiger partial charge in [0.25, 0.3) is 0 Å². The van der Waals surface area contributed by atoms with Gasteiger partial charge in [-0.3, -0.25) is 0 Å². The van der Waals surface area contributed by atoms with E-state index in [9.17, 15) is 26.9 Å². The van der Waals surface area contributed by atoms with Crippen LogP contribution >= 0.6 is 11.8 Å². The van der Waals surface area contributed by atoms with E-state index in [1.807, 2.05) is 28.9 Å². The van der Waals surface area contributed by atoms with Crippen LogP contribution in [0.1, 0.15) is 23.1 Å². The molecule has 37 heavy (non-hydrogen) atoms. The van der Waals surface area contributed by atoms with Crippen LogP contribution in [0.3, 0.4) is 0 Å². The van der Waals surface area contributed by atoms with E-state index in [1.54, 1.807) is 37.0 Å². The van der Waals surface area contributed by atoms with Crippen molar-refractivity contribution in [1.29, 1.82) is 5.26 Å². The molecule has 2 N–H and O–H groups in total. The zero-order valence-electron chi connectivity index (χ0n) is 19.7. The van der Waals surface area contributed by atoms with Crippen LogP contribution < -0.4 is 5.32 Å². The van der Waals surface area contributed by atoms with Crippen molar-refractivity contribution >= 4 is 39.1 Å². The molecule has 1 fully saturated rings. The molecular formula is C23H24F3N5O4S2. The molecule has 14 heteroatoms. The highest BCUT2D eigenvalue weighted by Gasteiger charge is 2.38. The van der Waals surface area contributed by atoms with Gasteiger partial charge < -0.3 is 14.8 Å². The molecule has 0 unspecified atom stereocenters. The number of hydrogen-bond donors (Lipinski definition) is 2. The minimum Gasteiger partial charge on any atom is -0.475 e. The highest BCUT2D eigenvalue weighted by Crippen LogP contribution is 2.29. The number of carbonyl (C=O) groups is 1. The second kappa shape index (κ2) is 11.8. The standard InChI is InChI=1S/C21H23N5O2S2.C2HF3O2/c1-16-12-19(24-15-17-4-2-6-25-8-5-23-21(17)25)13-18(14-22)20(16)30(27,28)26-7-3-10-29-11-9-26;3-2(4,5)1(6)7/h2,4-6,8,12-13,24H,3,7,9-11,15H2,1H3;(H,6,7). The predicted molar refractivity (Wildman–Crippen MR) is 133 cm³/mol. The van der Waals surface area contributed by atoms with Crippen molar-refractivity contribution in [3.05, 3.63) is 59.5 Å². The van der Waals surface area contributed by atoms with Gasteiger partial charge in [0.2, 0.25) is 10.0 Å². The van der Waals surface area contributed by atoms with Crippen LogP contribution in [0.5, 0.6) is 0 Å². The number of halogens is 3. The summed E-state index contributed by atoms with van der Waals surface area (Å²) in [7, 11) is -3.71. The zero-order valence-corrected chi connectivity index (χ0v) is 21.3. The van der Waals surface area contributed by atoms with Gasteiger partial charge in [-0.25, -0.2) is 18.2 Å². The van der Waals surface area contributed by atoms with Gasteiger partial charge in [-0.15, -0.1) is 0 Å². The predicted octanol–water partition coefficient (Wildman–Crippen LogP) is 3.89. The first-order valence-corrected chi connectivity index (χ1v) is 13.6. The number of thioether (sulfide) groups is 1. The lowest BCUT2D eigenvalue weighted by Crippen LogP contribution is -2.34. The van der Waals surface area contributed by atoms with Crippen molar-refractivity contribution in [1.82, 2.24) is 13.7 Å². The second-order valence-corrected chi connectivity index (χ2v) is 11.1. The molecule has 9 nitrogen and oxygen atoms in total. The highest BCUT2D eigenvalue weighted by atomic mass is 32.2. The van der Waals surface area contributed by atoms with E-state index in [0.717, 1.165) is 29.1 Å². The number of alkyl halides is 3. The summed E-state index contributed by atoms with van der Waals surface area (Å²) in [5.41, 5.74) is 3.33. The van der Waals surface area contributed by atoms with Crippen molar-refractivity contribution in [2.45, 2.75) is 31.0 Å². The molecule has 0 amide bonds. The number of pyridine rings is 1. The molecule has 1 saturated heterocycles. The number of benzene rings is 1. The van der Waals surface area contributed by atoms with Crippen LogP contribution in [0.2, 0.25) is 0 Å². The normalized spacial score (nSPS) is 14.8. The third-order valence-electron chi connectivity index (χ3n) is 5.40. The molecule has 4 rings (SSSR count). The summed E-state index contributed by atoms with van der Waals surface area (Å²) in [5.74, 6) is -1.02. The summed E-state index contributed by atoms with van der Waals surface area (Å²) in [4.78, 5) is 13.4. The fraction of sp³-hybridized carbons (Fsp3) is 0.348. The van der Waals surface area contributed by atoms with E-state index in [1.165, 1.54) is 4.31 Å². The molecule has 3 aromatic rings. The van der Waals surface area contributed by atoms with Crippen LogP contribution in [-0.4, -0.2) is 64.0 Å². The zero-order chi connectivity index (χ0) is 27.2. The SMILES string of the molecule is Cc1cc(NCc2cccn3ccnc23)cc(C#N)c1S(=O)(=O)N1CCCSCC1.O=C(O)C(F)(F)F. The molecule has 0 spiro atoms. The molecule has 1 aliphatic rings. The monoisotopic (exact) mass is 555 g/mol.